The molecule has 0 bridgehead atoms. The molecule has 0 heterocycles. The van der Waals surface area contributed by atoms with Gasteiger partial charge in [-0.15, -0.1) is 0 Å². The van der Waals surface area contributed by atoms with Crippen LogP contribution in [0.15, 0.2) is 12.2 Å². The van der Waals surface area contributed by atoms with Crippen molar-refractivity contribution in [1.29, 1.82) is 0 Å². The molecule has 1 rings (SSSR count). The summed E-state index contributed by atoms with van der Waals surface area (Å²) >= 11 is 0. The van der Waals surface area contributed by atoms with E-state index in [0.29, 0.717) is 0 Å². The van der Waals surface area contributed by atoms with Crippen LogP contribution < -0.4 is 0 Å². The van der Waals surface area contributed by atoms with Crippen LogP contribution in [0, 0.1) is 0 Å². The van der Waals surface area contributed by atoms with Crippen LogP contribution in [0.3, 0.4) is 0 Å². The van der Waals surface area contributed by atoms with E-state index >= 15 is 0 Å². The fourth-order valence-electron chi connectivity index (χ4n) is 1.01. The Balaban J connectivity index is 0.000000241. The van der Waals surface area contributed by atoms with Crippen molar-refractivity contribution < 1.29 is 24.5 Å². The summed E-state index contributed by atoms with van der Waals surface area (Å²) in [5.74, 6) is 0. The third-order valence-electron chi connectivity index (χ3n) is 1.58. The van der Waals surface area contributed by atoms with Gasteiger partial charge in [0, 0.05) is 0 Å². The number of carboxylic acid groups (broad SMARTS) is 2. The molecular weight excluding hydrogens is 188 g/mol. The monoisotopic (exact) mass is 202 g/mol. The van der Waals surface area contributed by atoms with Crippen LogP contribution in [-0.2, 0) is 4.74 Å². The lowest BCUT2D eigenvalue weighted by atomic mass is 10.2. The van der Waals surface area contributed by atoms with Gasteiger partial charge in [-0.3, -0.25) is 0 Å². The van der Waals surface area contributed by atoms with Gasteiger partial charge in [-0.2, -0.15) is 0 Å². The molecule has 5 nitrogen and oxygen atoms in total. The quantitative estimate of drug-likeness (QED) is 0.358. The van der Waals surface area contributed by atoms with Gasteiger partial charge in [0.2, 0.25) is 0 Å². The molecule has 0 saturated carbocycles. The Morgan fingerprint density at radius 2 is 1.36 bits per heavy atom. The third-order valence-corrected chi connectivity index (χ3v) is 1.58. The first-order valence-corrected chi connectivity index (χ1v) is 4.41. The van der Waals surface area contributed by atoms with E-state index in [0.717, 1.165) is 0 Å². The van der Waals surface area contributed by atoms with Gasteiger partial charge in [0.05, 0.1) is 0 Å². The van der Waals surface area contributed by atoms with E-state index in [2.05, 4.69) is 16.9 Å². The normalized spacial score (nSPS) is 14.6. The molecule has 0 amide bonds. The first-order chi connectivity index (χ1) is 6.63. The summed E-state index contributed by atoms with van der Waals surface area (Å²) < 4.78 is 3.08. The summed E-state index contributed by atoms with van der Waals surface area (Å²) in [5, 5.41) is 15.0. The van der Waals surface area contributed by atoms with Gasteiger partial charge in [-0.25, -0.2) is 9.59 Å². The van der Waals surface area contributed by atoms with E-state index in [1.807, 2.05) is 0 Å². The number of carbonyl (C=O) groups is 2. The Bertz CT molecular complexity index is 189. The van der Waals surface area contributed by atoms with Crippen molar-refractivity contribution >= 4 is 12.3 Å². The molecule has 80 valence electrons. The number of allylic oxidation sites excluding steroid dienone is 2. The molecule has 0 aliphatic heterocycles. The van der Waals surface area contributed by atoms with Crippen molar-refractivity contribution in [2.75, 3.05) is 0 Å². The van der Waals surface area contributed by atoms with Gasteiger partial charge in [0.25, 0.3) is 0 Å². The molecule has 0 aromatic carbocycles. The number of rotatable bonds is 0. The number of hydrogen-bond acceptors (Lipinski definition) is 3. The number of hydrogen-bond donors (Lipinski definition) is 2. The van der Waals surface area contributed by atoms with Gasteiger partial charge in [-0.05, 0) is 25.7 Å². The predicted octanol–water partition coefficient (Wildman–Crippen LogP) is 2.87. The van der Waals surface area contributed by atoms with Crippen molar-refractivity contribution in [3.8, 4) is 0 Å². The molecule has 0 spiro atoms. The Hall–Kier alpha value is -1.52. The highest BCUT2D eigenvalue weighted by molar-refractivity contribution is 5.74. The molecule has 0 saturated heterocycles. The molecule has 0 radical (unpaired) electrons. The molecule has 1 aliphatic carbocycles. The van der Waals surface area contributed by atoms with Crippen LogP contribution in [0.5, 0.6) is 0 Å². The summed E-state index contributed by atoms with van der Waals surface area (Å²) in [7, 11) is 0. The molecule has 0 atom stereocenters. The van der Waals surface area contributed by atoms with Crippen LogP contribution >= 0.6 is 0 Å². The second kappa shape index (κ2) is 8.10. The predicted molar refractivity (Wildman–Crippen MR) is 49.4 cm³/mol. The largest absolute Gasteiger partial charge is 0.516 e. The first kappa shape index (κ1) is 12.5. The Labute approximate surface area is 82.0 Å². The van der Waals surface area contributed by atoms with Crippen LogP contribution in [0.2, 0.25) is 0 Å². The van der Waals surface area contributed by atoms with Gasteiger partial charge in [0.15, 0.2) is 0 Å². The minimum atomic E-state index is -1.81. The fraction of sp³-hybridized carbons (Fsp3) is 0.556. The van der Waals surface area contributed by atoms with Gasteiger partial charge < -0.3 is 14.9 Å². The number of ether oxygens (including phenoxy) is 1. The highest BCUT2D eigenvalue weighted by Crippen LogP contribution is 2.08. The zero-order chi connectivity index (χ0) is 10.8. The maximum atomic E-state index is 9.21. The zero-order valence-corrected chi connectivity index (χ0v) is 7.81. The maximum Gasteiger partial charge on any atom is 0.516 e. The SMILES string of the molecule is C1=CCCCCC1.O=C(O)OC(=O)O. The van der Waals surface area contributed by atoms with Crippen molar-refractivity contribution in [1.82, 2.24) is 0 Å². The van der Waals surface area contributed by atoms with E-state index in [1.165, 1.54) is 32.1 Å². The van der Waals surface area contributed by atoms with Crippen LogP contribution in [0.1, 0.15) is 32.1 Å². The molecule has 2 N–H and O–H groups in total. The summed E-state index contributed by atoms with van der Waals surface area (Å²) in [4.78, 5) is 18.4. The van der Waals surface area contributed by atoms with E-state index in [1.54, 1.807) is 0 Å². The zero-order valence-electron chi connectivity index (χ0n) is 7.81. The highest BCUT2D eigenvalue weighted by Gasteiger charge is 2.01. The van der Waals surface area contributed by atoms with Gasteiger partial charge in [0.1, 0.15) is 0 Å². The molecule has 5 heteroatoms. The second-order valence-corrected chi connectivity index (χ2v) is 2.74. The smallest absolute Gasteiger partial charge is 0.449 e. The van der Waals surface area contributed by atoms with Crippen LogP contribution in [0.25, 0.3) is 0 Å². The maximum absolute atomic E-state index is 9.21. The summed E-state index contributed by atoms with van der Waals surface area (Å²) in [6.45, 7) is 0. The molecule has 0 fully saturated rings. The van der Waals surface area contributed by atoms with Crippen molar-refractivity contribution in [2.24, 2.45) is 0 Å². The lowest BCUT2D eigenvalue weighted by Crippen LogP contribution is -2.05. The lowest BCUT2D eigenvalue weighted by Gasteiger charge is -1.86. The molecule has 0 unspecified atom stereocenters. The third kappa shape index (κ3) is 10.5. The van der Waals surface area contributed by atoms with Gasteiger partial charge in [-0.1, -0.05) is 18.6 Å². The fourth-order valence-corrected chi connectivity index (χ4v) is 1.01. The Kier molecular flexibility index (Phi) is 7.22. The van der Waals surface area contributed by atoms with Crippen molar-refractivity contribution in [3.63, 3.8) is 0 Å². The van der Waals surface area contributed by atoms with E-state index in [9.17, 15) is 9.59 Å². The van der Waals surface area contributed by atoms with E-state index in [4.69, 9.17) is 10.2 Å². The van der Waals surface area contributed by atoms with Crippen molar-refractivity contribution in [3.05, 3.63) is 12.2 Å². The highest BCUT2D eigenvalue weighted by atomic mass is 16.7. The lowest BCUT2D eigenvalue weighted by molar-refractivity contribution is 0.0802. The average molecular weight is 202 g/mol. The molecular formula is C9H14O5. The Morgan fingerprint density at radius 3 is 1.64 bits per heavy atom. The Morgan fingerprint density at radius 1 is 0.929 bits per heavy atom. The topological polar surface area (TPSA) is 83.8 Å². The first-order valence-electron chi connectivity index (χ1n) is 4.41. The second-order valence-electron chi connectivity index (χ2n) is 2.74. The molecule has 14 heavy (non-hydrogen) atoms. The van der Waals surface area contributed by atoms with Crippen LogP contribution in [-0.4, -0.2) is 22.5 Å². The minimum absolute atomic E-state index is 1.32. The van der Waals surface area contributed by atoms with Crippen molar-refractivity contribution in [2.45, 2.75) is 32.1 Å². The molecule has 0 aromatic heterocycles. The molecule has 1 aliphatic rings. The van der Waals surface area contributed by atoms with E-state index in [-0.39, 0.29) is 0 Å². The van der Waals surface area contributed by atoms with Gasteiger partial charge >= 0.3 is 12.3 Å². The summed E-state index contributed by atoms with van der Waals surface area (Å²) in [6, 6.07) is 0. The van der Waals surface area contributed by atoms with E-state index < -0.39 is 12.3 Å². The summed E-state index contributed by atoms with van der Waals surface area (Å²) in [5.41, 5.74) is 0. The standard InChI is InChI=1S/C7H12.C2H2O5/c1-2-4-6-7-5-3-1;3-1(4)7-2(5)6/h1-2H,3-7H2;(H,3,4)(H,5,6). The molecule has 0 aromatic rings. The average Bonchev–Trinajstić information content (AvgIpc) is 2.32. The minimum Gasteiger partial charge on any atom is -0.449 e. The summed E-state index contributed by atoms with van der Waals surface area (Å²) in [6.07, 6.45) is 7.88. The van der Waals surface area contributed by atoms with Crippen LogP contribution in [0.4, 0.5) is 9.59 Å².